The summed E-state index contributed by atoms with van der Waals surface area (Å²) in [7, 11) is 0. The molecule has 0 aliphatic carbocycles. The number of nitrogens with zero attached hydrogens (tertiary/aromatic N) is 1. The van der Waals surface area contributed by atoms with Crippen molar-refractivity contribution in [1.29, 1.82) is 0 Å². The minimum atomic E-state index is 0.252. The van der Waals surface area contributed by atoms with Crippen LogP contribution in [0.15, 0.2) is 10.6 Å². The summed E-state index contributed by atoms with van der Waals surface area (Å²) in [6.45, 7) is 5.87. The Morgan fingerprint density at radius 3 is 3.21 bits per heavy atom. The van der Waals surface area contributed by atoms with Crippen molar-refractivity contribution in [3.63, 3.8) is 0 Å². The van der Waals surface area contributed by atoms with Crippen molar-refractivity contribution in [2.45, 2.75) is 51.9 Å². The lowest BCUT2D eigenvalue weighted by atomic mass is 10.1. The molecule has 0 spiro atoms. The number of hydrogen-bond donors (Lipinski definition) is 1. The van der Waals surface area contributed by atoms with Crippen molar-refractivity contribution in [3.05, 3.63) is 17.5 Å². The molecule has 1 atom stereocenters. The Hall–Kier alpha value is -0.910. The third-order valence-electron chi connectivity index (χ3n) is 3.16. The van der Waals surface area contributed by atoms with E-state index in [2.05, 4.69) is 17.4 Å². The summed E-state index contributed by atoms with van der Waals surface area (Å²) in [4.78, 5) is 0. The molecule has 5 nitrogen and oxygen atoms in total. The average molecular weight is 268 g/mol. The van der Waals surface area contributed by atoms with Crippen molar-refractivity contribution >= 4 is 0 Å². The minimum Gasteiger partial charge on any atom is -0.376 e. The Morgan fingerprint density at radius 1 is 1.47 bits per heavy atom. The van der Waals surface area contributed by atoms with Crippen molar-refractivity contribution in [2.75, 3.05) is 19.8 Å². The quantitative estimate of drug-likeness (QED) is 0.733. The van der Waals surface area contributed by atoms with Crippen molar-refractivity contribution in [2.24, 2.45) is 0 Å². The second-order valence-electron chi connectivity index (χ2n) is 4.97. The Bertz CT molecular complexity index is 348. The number of nitrogens with one attached hydrogen (secondary N) is 1. The van der Waals surface area contributed by atoms with E-state index in [1.807, 2.05) is 6.07 Å². The second-order valence-corrected chi connectivity index (χ2v) is 4.97. The van der Waals surface area contributed by atoms with Gasteiger partial charge in [-0.15, -0.1) is 0 Å². The first kappa shape index (κ1) is 14.5. The molecule has 5 heteroatoms. The molecule has 0 aromatic carbocycles. The van der Waals surface area contributed by atoms with Gasteiger partial charge < -0.3 is 19.3 Å². The lowest BCUT2D eigenvalue weighted by Gasteiger charge is -2.21. The Balaban J connectivity index is 1.62. The molecule has 1 aromatic heterocycles. The monoisotopic (exact) mass is 268 g/mol. The van der Waals surface area contributed by atoms with Crippen LogP contribution in [-0.2, 0) is 22.6 Å². The highest BCUT2D eigenvalue weighted by Gasteiger charge is 2.14. The predicted molar refractivity (Wildman–Crippen MR) is 71.7 cm³/mol. The maximum atomic E-state index is 5.62. The lowest BCUT2D eigenvalue weighted by Crippen LogP contribution is -2.24. The van der Waals surface area contributed by atoms with Crippen LogP contribution in [0.5, 0.6) is 0 Å². The summed E-state index contributed by atoms with van der Waals surface area (Å²) in [6.07, 6.45) is 4.89. The number of aromatic nitrogens is 1. The lowest BCUT2D eigenvalue weighted by molar-refractivity contribution is -0.0477. The Morgan fingerprint density at radius 2 is 2.42 bits per heavy atom. The zero-order valence-corrected chi connectivity index (χ0v) is 11.7. The second kappa shape index (κ2) is 8.30. The predicted octanol–water partition coefficient (Wildman–Crippen LogP) is 2.26. The zero-order valence-electron chi connectivity index (χ0n) is 11.7. The van der Waals surface area contributed by atoms with E-state index in [1.165, 1.54) is 12.8 Å². The van der Waals surface area contributed by atoms with Crippen molar-refractivity contribution < 1.29 is 14.0 Å². The summed E-state index contributed by atoms with van der Waals surface area (Å²) in [6, 6.07) is 1.95. The van der Waals surface area contributed by atoms with E-state index >= 15 is 0 Å². The van der Waals surface area contributed by atoms with Gasteiger partial charge in [-0.1, -0.05) is 12.1 Å². The molecule has 1 aliphatic rings. The smallest absolute Gasteiger partial charge is 0.162 e. The van der Waals surface area contributed by atoms with Gasteiger partial charge in [0.25, 0.3) is 0 Å². The maximum absolute atomic E-state index is 5.62. The highest BCUT2D eigenvalue weighted by Crippen LogP contribution is 2.13. The summed E-state index contributed by atoms with van der Waals surface area (Å²) < 4.78 is 16.5. The van der Waals surface area contributed by atoms with Gasteiger partial charge in [-0.3, -0.25) is 0 Å². The summed E-state index contributed by atoms with van der Waals surface area (Å²) in [5.41, 5.74) is 0.931. The highest BCUT2D eigenvalue weighted by molar-refractivity contribution is 5.04. The van der Waals surface area contributed by atoms with Crippen LogP contribution in [0.25, 0.3) is 0 Å². The normalized spacial score (nSPS) is 19.7. The maximum Gasteiger partial charge on any atom is 0.162 e. The van der Waals surface area contributed by atoms with Gasteiger partial charge in [0.1, 0.15) is 6.61 Å². The van der Waals surface area contributed by atoms with Crippen LogP contribution < -0.4 is 5.32 Å². The molecule has 0 amide bonds. The van der Waals surface area contributed by atoms with Gasteiger partial charge in [0.2, 0.25) is 0 Å². The van der Waals surface area contributed by atoms with Gasteiger partial charge in [-0.05, 0) is 32.2 Å². The molecule has 1 unspecified atom stereocenters. The highest BCUT2D eigenvalue weighted by atomic mass is 16.5. The molecule has 1 aliphatic heterocycles. The van der Waals surface area contributed by atoms with Crippen molar-refractivity contribution in [3.8, 4) is 0 Å². The molecule has 1 fully saturated rings. The number of rotatable bonds is 8. The van der Waals surface area contributed by atoms with E-state index in [1.54, 1.807) is 0 Å². The fourth-order valence-corrected chi connectivity index (χ4v) is 2.13. The Kier molecular flexibility index (Phi) is 6.33. The fraction of sp³-hybridized carbons (Fsp3) is 0.786. The molecule has 1 aromatic rings. The molecule has 108 valence electrons. The summed E-state index contributed by atoms with van der Waals surface area (Å²) >= 11 is 0. The van der Waals surface area contributed by atoms with E-state index in [-0.39, 0.29) is 6.10 Å². The van der Waals surface area contributed by atoms with Crippen LogP contribution >= 0.6 is 0 Å². The first-order valence-electron chi connectivity index (χ1n) is 7.23. The van der Waals surface area contributed by atoms with Crippen LogP contribution in [0, 0.1) is 0 Å². The topological polar surface area (TPSA) is 56.5 Å². The van der Waals surface area contributed by atoms with Gasteiger partial charge >= 0.3 is 0 Å². The summed E-state index contributed by atoms with van der Waals surface area (Å²) in [5.74, 6) is 0.782. The Labute approximate surface area is 114 Å². The van der Waals surface area contributed by atoms with E-state index in [9.17, 15) is 0 Å². The molecular weight excluding hydrogens is 244 g/mol. The molecule has 1 saturated heterocycles. The third-order valence-corrected chi connectivity index (χ3v) is 3.16. The fourth-order valence-electron chi connectivity index (χ4n) is 2.13. The third kappa shape index (κ3) is 5.30. The van der Waals surface area contributed by atoms with Crippen LogP contribution in [0.2, 0.25) is 0 Å². The van der Waals surface area contributed by atoms with Gasteiger partial charge in [0.15, 0.2) is 5.76 Å². The van der Waals surface area contributed by atoms with E-state index in [0.29, 0.717) is 13.2 Å². The molecule has 0 radical (unpaired) electrons. The molecule has 0 bridgehead atoms. The minimum absolute atomic E-state index is 0.252. The molecule has 19 heavy (non-hydrogen) atoms. The van der Waals surface area contributed by atoms with E-state index in [4.69, 9.17) is 14.0 Å². The van der Waals surface area contributed by atoms with Crippen LogP contribution in [-0.4, -0.2) is 31.0 Å². The molecule has 2 rings (SSSR count). The van der Waals surface area contributed by atoms with Crippen molar-refractivity contribution in [1.82, 2.24) is 10.5 Å². The van der Waals surface area contributed by atoms with Crippen LogP contribution in [0.1, 0.15) is 44.1 Å². The number of hydrogen-bond acceptors (Lipinski definition) is 5. The van der Waals surface area contributed by atoms with Crippen LogP contribution in [0.3, 0.4) is 0 Å². The van der Waals surface area contributed by atoms with E-state index < -0.39 is 0 Å². The van der Waals surface area contributed by atoms with E-state index in [0.717, 1.165) is 44.0 Å². The average Bonchev–Trinajstić information content (AvgIpc) is 2.88. The van der Waals surface area contributed by atoms with Gasteiger partial charge in [0.05, 0.1) is 18.4 Å². The SMILES string of the molecule is CCCNCc1cc(COCC2CCCCO2)on1. The largest absolute Gasteiger partial charge is 0.376 e. The summed E-state index contributed by atoms with van der Waals surface area (Å²) in [5, 5.41) is 7.29. The number of ether oxygens (including phenoxy) is 2. The molecule has 0 saturated carbocycles. The zero-order chi connectivity index (χ0) is 13.3. The first-order valence-corrected chi connectivity index (χ1v) is 7.23. The molecular formula is C14H24N2O3. The molecule has 1 N–H and O–H groups in total. The standard InChI is InChI=1S/C14H24N2O3/c1-2-6-15-9-12-8-14(19-16-12)11-17-10-13-5-3-4-7-18-13/h8,13,15H,2-7,9-11H2,1H3. The first-order chi connectivity index (χ1) is 9.38. The molecule has 2 heterocycles. The van der Waals surface area contributed by atoms with Gasteiger partial charge in [0, 0.05) is 19.2 Å². The van der Waals surface area contributed by atoms with Crippen LogP contribution in [0.4, 0.5) is 0 Å². The van der Waals surface area contributed by atoms with Gasteiger partial charge in [-0.2, -0.15) is 0 Å². The van der Waals surface area contributed by atoms with Gasteiger partial charge in [-0.25, -0.2) is 0 Å².